The molecule has 1 amide bonds. The van der Waals surface area contributed by atoms with Gasteiger partial charge in [-0.2, -0.15) is 0 Å². The molecule has 0 saturated heterocycles. The Morgan fingerprint density at radius 1 is 0.755 bits per heavy atom. The number of hydrogen-bond donors (Lipinski definition) is 6. The molecule has 2 aliphatic heterocycles. The van der Waals surface area contributed by atoms with Crippen LogP contribution in [-0.4, -0.2) is 52.4 Å². The fraction of sp³-hybridized carbons (Fsp3) is 0.350. The number of hydrogen-bond acceptors (Lipinski definition) is 11. The number of nitrogens with zero attached hydrogens (tertiary/aromatic N) is 1. The summed E-state index contributed by atoms with van der Waals surface area (Å²) in [7, 11) is 1.60. The van der Waals surface area contributed by atoms with Gasteiger partial charge in [-0.1, -0.05) is 28.9 Å². The minimum atomic E-state index is -0.455. The van der Waals surface area contributed by atoms with Gasteiger partial charge in [-0.15, -0.1) is 0 Å². The van der Waals surface area contributed by atoms with Crippen molar-refractivity contribution in [2.45, 2.75) is 70.8 Å². The average molecular weight is 746 g/mol. The van der Waals surface area contributed by atoms with Gasteiger partial charge in [0.2, 0.25) is 0 Å². The third kappa shape index (κ3) is 8.86. The highest BCUT2D eigenvalue weighted by atomic mass is 35.5. The number of carbonyl (C=O) groups excluding carboxylic acids is 1. The van der Waals surface area contributed by atoms with Gasteiger partial charge in [0.1, 0.15) is 11.9 Å². The molecular weight excluding hydrogens is 702 g/mol. The third-order valence-corrected chi connectivity index (χ3v) is 9.67. The van der Waals surface area contributed by atoms with Gasteiger partial charge in [-0.25, -0.2) is 0 Å². The molecule has 0 aromatic heterocycles. The number of amides is 1. The van der Waals surface area contributed by atoms with E-state index in [-0.39, 0.29) is 38.4 Å². The molecule has 2 atom stereocenters. The number of nitrogens with one attached hydrogen (secondary N) is 2. The summed E-state index contributed by atoms with van der Waals surface area (Å²) in [5, 5.41) is 50.4. The molecule has 6 N–H and O–H groups in total. The fourth-order valence-electron chi connectivity index (χ4n) is 6.54. The molecule has 2 heterocycles. The lowest BCUT2D eigenvalue weighted by atomic mass is 9.94. The molecule has 53 heavy (non-hydrogen) atoms. The predicted molar refractivity (Wildman–Crippen MR) is 199 cm³/mol. The predicted octanol–water partition coefficient (Wildman–Crippen LogP) is 6.06. The summed E-state index contributed by atoms with van der Waals surface area (Å²) in [6.45, 7) is -0.0166. The SMILES string of the molecule is COc1ccc(C2CC(c3cc(CO)c(CO)c(CO)c3)=NO2)cc1OCCCCCCOc1ccc(C2NC(=O)c3cc(Cl)ccc3N2)cc1CO. The number of fused-ring (bicyclic) bond motifs is 1. The molecule has 0 radical (unpaired) electrons. The summed E-state index contributed by atoms with van der Waals surface area (Å²) in [5.74, 6) is 1.61. The summed E-state index contributed by atoms with van der Waals surface area (Å²) in [5.41, 5.74) is 6.49. The van der Waals surface area contributed by atoms with Crippen molar-refractivity contribution < 1.29 is 44.3 Å². The maximum Gasteiger partial charge on any atom is 0.255 e. The van der Waals surface area contributed by atoms with E-state index in [1.54, 1.807) is 37.4 Å². The number of ether oxygens (including phenoxy) is 3. The number of benzene rings is 4. The lowest BCUT2D eigenvalue weighted by molar-refractivity contribution is 0.0854. The zero-order valence-electron chi connectivity index (χ0n) is 29.4. The Morgan fingerprint density at radius 2 is 1.43 bits per heavy atom. The highest BCUT2D eigenvalue weighted by Gasteiger charge is 2.27. The lowest BCUT2D eigenvalue weighted by Crippen LogP contribution is -2.38. The number of carbonyl (C=O) groups is 1. The molecule has 12 nitrogen and oxygen atoms in total. The van der Waals surface area contributed by atoms with Gasteiger partial charge < -0.3 is 50.1 Å². The summed E-state index contributed by atoms with van der Waals surface area (Å²) < 4.78 is 17.7. The first-order valence-corrected chi connectivity index (χ1v) is 18.0. The molecule has 0 bridgehead atoms. The zero-order chi connectivity index (χ0) is 37.3. The van der Waals surface area contributed by atoms with E-state index >= 15 is 0 Å². The van der Waals surface area contributed by atoms with Gasteiger partial charge in [0.15, 0.2) is 17.6 Å². The highest BCUT2D eigenvalue weighted by Crippen LogP contribution is 2.37. The fourth-order valence-corrected chi connectivity index (χ4v) is 6.72. The Bertz CT molecular complexity index is 1930. The number of unbranched alkanes of at least 4 members (excludes halogenated alkanes) is 3. The van der Waals surface area contributed by atoms with Crippen LogP contribution in [0.5, 0.6) is 17.2 Å². The second kappa shape index (κ2) is 17.8. The number of aliphatic hydroxyl groups is 4. The molecular formula is C40H44ClN3O9. The molecule has 2 unspecified atom stereocenters. The average Bonchev–Trinajstić information content (AvgIpc) is 3.69. The van der Waals surface area contributed by atoms with Crippen LogP contribution < -0.4 is 24.8 Å². The minimum Gasteiger partial charge on any atom is -0.493 e. The maximum absolute atomic E-state index is 12.7. The molecule has 4 aromatic rings. The molecule has 0 aliphatic carbocycles. The van der Waals surface area contributed by atoms with E-state index in [4.69, 9.17) is 30.6 Å². The number of aliphatic hydroxyl groups excluding tert-OH is 4. The van der Waals surface area contributed by atoms with Gasteiger partial charge in [0.25, 0.3) is 5.91 Å². The summed E-state index contributed by atoms with van der Waals surface area (Å²) in [4.78, 5) is 18.4. The molecule has 0 fully saturated rings. The lowest BCUT2D eigenvalue weighted by Gasteiger charge is -2.28. The van der Waals surface area contributed by atoms with Crippen molar-refractivity contribution in [1.82, 2.24) is 5.32 Å². The number of halogens is 1. The van der Waals surface area contributed by atoms with Crippen LogP contribution in [0, 0.1) is 0 Å². The molecule has 2 aliphatic rings. The van der Waals surface area contributed by atoms with Gasteiger partial charge in [-0.05, 0) is 108 Å². The largest absolute Gasteiger partial charge is 0.493 e. The zero-order valence-corrected chi connectivity index (χ0v) is 30.2. The van der Waals surface area contributed by atoms with Crippen LogP contribution in [0.25, 0.3) is 0 Å². The Morgan fingerprint density at radius 3 is 2.11 bits per heavy atom. The van der Waals surface area contributed by atoms with Crippen LogP contribution in [0.4, 0.5) is 5.69 Å². The Balaban J connectivity index is 0.949. The van der Waals surface area contributed by atoms with Gasteiger partial charge in [0.05, 0.1) is 58.0 Å². The van der Waals surface area contributed by atoms with E-state index in [0.717, 1.165) is 42.4 Å². The normalized spacial score (nSPS) is 16.3. The first-order chi connectivity index (χ1) is 25.8. The van der Waals surface area contributed by atoms with E-state index < -0.39 is 6.17 Å². The van der Waals surface area contributed by atoms with Crippen molar-refractivity contribution in [2.75, 3.05) is 25.6 Å². The van der Waals surface area contributed by atoms with E-state index in [2.05, 4.69) is 15.8 Å². The Labute approximate surface area is 312 Å². The van der Waals surface area contributed by atoms with Crippen molar-refractivity contribution >= 4 is 28.9 Å². The minimum absolute atomic E-state index is 0.199. The molecule has 0 saturated carbocycles. The molecule has 280 valence electrons. The molecule has 13 heteroatoms. The number of methoxy groups -OCH3 is 1. The van der Waals surface area contributed by atoms with Crippen LogP contribution in [0.3, 0.4) is 0 Å². The second-order valence-electron chi connectivity index (χ2n) is 12.9. The van der Waals surface area contributed by atoms with E-state index in [0.29, 0.717) is 81.1 Å². The summed E-state index contributed by atoms with van der Waals surface area (Å²) in [6.07, 6.45) is 3.19. The topological polar surface area (TPSA) is 171 Å². The van der Waals surface area contributed by atoms with Crippen LogP contribution >= 0.6 is 11.6 Å². The van der Waals surface area contributed by atoms with Crippen molar-refractivity contribution in [3.63, 3.8) is 0 Å². The quantitative estimate of drug-likeness (QED) is 0.0699. The number of anilines is 1. The van der Waals surface area contributed by atoms with Crippen molar-refractivity contribution in [2.24, 2.45) is 5.16 Å². The van der Waals surface area contributed by atoms with Gasteiger partial charge >= 0.3 is 0 Å². The van der Waals surface area contributed by atoms with Crippen LogP contribution in [0.15, 0.2) is 71.9 Å². The van der Waals surface area contributed by atoms with Crippen molar-refractivity contribution in [3.8, 4) is 17.2 Å². The number of rotatable bonds is 17. The van der Waals surface area contributed by atoms with E-state index in [9.17, 15) is 25.2 Å². The van der Waals surface area contributed by atoms with E-state index in [1.165, 1.54) is 0 Å². The standard InChI is InChI=1S/C40H44ClN3O9/c1-50-36-11-6-24(37-19-34(44-53-37)26-15-27(20-45)32(23-48)28(16-26)21-46)17-38(36)52-13-5-3-2-4-12-51-35-10-7-25(14-29(35)22-47)39-42-33-9-8-30(41)18-31(33)40(49)43-39/h6-11,14-18,37,39,42,45-48H,2-5,12-13,19-23H2,1H3,(H,43,49). The van der Waals surface area contributed by atoms with Crippen molar-refractivity contribution in [1.29, 1.82) is 0 Å². The smallest absolute Gasteiger partial charge is 0.255 e. The highest BCUT2D eigenvalue weighted by molar-refractivity contribution is 6.31. The molecule has 0 spiro atoms. The molecule has 6 rings (SSSR count). The number of oxime groups is 1. The summed E-state index contributed by atoms with van der Waals surface area (Å²) >= 11 is 6.05. The van der Waals surface area contributed by atoms with Crippen LogP contribution in [-0.2, 0) is 31.3 Å². The van der Waals surface area contributed by atoms with Crippen molar-refractivity contribution in [3.05, 3.63) is 116 Å². The third-order valence-electron chi connectivity index (χ3n) is 9.44. The monoisotopic (exact) mass is 745 g/mol. The van der Waals surface area contributed by atoms with E-state index in [1.807, 2.05) is 36.4 Å². The van der Waals surface area contributed by atoms with Crippen LogP contribution in [0.1, 0.15) is 93.7 Å². The summed E-state index contributed by atoms with van der Waals surface area (Å²) in [6, 6.07) is 19.9. The Hall–Kier alpha value is -4.85. The van der Waals surface area contributed by atoms with Gasteiger partial charge in [0, 0.05) is 28.3 Å². The first kappa shape index (κ1) is 37.9. The Kier molecular flexibility index (Phi) is 12.7. The first-order valence-electron chi connectivity index (χ1n) is 17.6. The maximum atomic E-state index is 12.7. The second-order valence-corrected chi connectivity index (χ2v) is 13.3. The van der Waals surface area contributed by atoms with Gasteiger partial charge in [-0.3, -0.25) is 4.79 Å². The molecule has 4 aromatic carbocycles. The van der Waals surface area contributed by atoms with Crippen LogP contribution in [0.2, 0.25) is 5.02 Å².